The van der Waals surface area contributed by atoms with E-state index in [0.717, 1.165) is 28.6 Å². The minimum Gasteiger partial charge on any atom is -0.458 e. The molecule has 0 saturated heterocycles. The Labute approximate surface area is 107 Å². The van der Waals surface area contributed by atoms with Crippen molar-refractivity contribution < 1.29 is 9.52 Å². The number of aliphatic hydroxyl groups is 1. The molecular formula is C16H18O2. The lowest BCUT2D eigenvalue weighted by Crippen LogP contribution is -2.09. The average Bonchev–Trinajstić information content (AvgIpc) is 2.81. The Morgan fingerprint density at radius 3 is 2.72 bits per heavy atom. The summed E-state index contributed by atoms with van der Waals surface area (Å²) in [5.41, 5.74) is 2.12. The molecule has 2 aliphatic carbocycles. The summed E-state index contributed by atoms with van der Waals surface area (Å²) in [4.78, 5) is 0. The molecule has 0 amide bonds. The highest BCUT2D eigenvalue weighted by molar-refractivity contribution is 5.78. The zero-order valence-electron chi connectivity index (χ0n) is 10.6. The molecular weight excluding hydrogens is 224 g/mol. The van der Waals surface area contributed by atoms with Gasteiger partial charge in [0.2, 0.25) is 0 Å². The number of fused-ring (bicyclic) bond motifs is 2. The van der Waals surface area contributed by atoms with E-state index >= 15 is 0 Å². The first-order valence-electron chi connectivity index (χ1n) is 6.89. The molecule has 0 spiro atoms. The molecule has 0 bridgehead atoms. The highest BCUT2D eigenvalue weighted by Crippen LogP contribution is 2.57. The maximum Gasteiger partial charge on any atom is 0.134 e. The number of furan rings is 1. The van der Waals surface area contributed by atoms with Crippen molar-refractivity contribution in [3.8, 4) is 0 Å². The number of rotatable bonds is 2. The van der Waals surface area contributed by atoms with Crippen molar-refractivity contribution in [1.29, 1.82) is 0 Å². The third-order valence-electron chi connectivity index (χ3n) is 4.71. The van der Waals surface area contributed by atoms with Gasteiger partial charge in [-0.25, -0.2) is 0 Å². The molecule has 2 aromatic rings. The number of hydrogen-bond acceptors (Lipinski definition) is 2. The fourth-order valence-electron chi connectivity index (χ4n) is 3.58. The van der Waals surface area contributed by atoms with E-state index in [1.807, 2.05) is 18.2 Å². The van der Waals surface area contributed by atoms with Crippen LogP contribution in [0.1, 0.15) is 36.7 Å². The molecule has 3 atom stereocenters. The van der Waals surface area contributed by atoms with Crippen molar-refractivity contribution in [1.82, 2.24) is 0 Å². The second-order valence-corrected chi connectivity index (χ2v) is 6.12. The number of benzene rings is 1. The number of aryl methyl sites for hydroxylation is 1. The van der Waals surface area contributed by atoms with Gasteiger partial charge < -0.3 is 9.52 Å². The first kappa shape index (κ1) is 10.6. The van der Waals surface area contributed by atoms with Crippen LogP contribution in [0.3, 0.4) is 0 Å². The highest BCUT2D eigenvalue weighted by Gasteiger charge is 2.48. The smallest absolute Gasteiger partial charge is 0.134 e. The van der Waals surface area contributed by atoms with Crippen LogP contribution in [0.15, 0.2) is 28.7 Å². The third-order valence-corrected chi connectivity index (χ3v) is 4.71. The Morgan fingerprint density at radius 2 is 1.94 bits per heavy atom. The van der Waals surface area contributed by atoms with Crippen molar-refractivity contribution in [2.75, 3.05) is 0 Å². The predicted octanol–water partition coefficient (Wildman–Crippen LogP) is 3.82. The molecule has 2 fully saturated rings. The van der Waals surface area contributed by atoms with Crippen molar-refractivity contribution in [3.63, 3.8) is 0 Å². The van der Waals surface area contributed by atoms with Gasteiger partial charge in [-0.2, -0.15) is 0 Å². The van der Waals surface area contributed by atoms with E-state index in [9.17, 15) is 5.11 Å². The summed E-state index contributed by atoms with van der Waals surface area (Å²) < 4.78 is 5.80. The summed E-state index contributed by atoms with van der Waals surface area (Å²) in [6, 6.07) is 8.16. The molecule has 2 aliphatic rings. The van der Waals surface area contributed by atoms with Gasteiger partial charge in [-0.15, -0.1) is 0 Å². The van der Waals surface area contributed by atoms with Gasteiger partial charge in [-0.05, 0) is 62.1 Å². The van der Waals surface area contributed by atoms with E-state index in [2.05, 4.69) is 13.0 Å². The zero-order chi connectivity index (χ0) is 12.3. The molecule has 3 unspecified atom stereocenters. The van der Waals surface area contributed by atoms with Gasteiger partial charge in [0.25, 0.3) is 0 Å². The van der Waals surface area contributed by atoms with Crippen LogP contribution in [0, 0.1) is 24.7 Å². The molecule has 4 rings (SSSR count). The Morgan fingerprint density at radius 1 is 1.17 bits per heavy atom. The van der Waals surface area contributed by atoms with Crippen LogP contribution >= 0.6 is 0 Å². The first-order valence-corrected chi connectivity index (χ1v) is 6.89. The van der Waals surface area contributed by atoms with Crippen LogP contribution in [0.25, 0.3) is 11.0 Å². The van der Waals surface area contributed by atoms with Gasteiger partial charge in [-0.1, -0.05) is 11.6 Å². The van der Waals surface area contributed by atoms with Crippen LogP contribution < -0.4 is 0 Å². The van der Waals surface area contributed by atoms with Crippen LogP contribution in [0.5, 0.6) is 0 Å². The van der Waals surface area contributed by atoms with E-state index in [1.165, 1.54) is 24.8 Å². The summed E-state index contributed by atoms with van der Waals surface area (Å²) in [5.74, 6) is 2.96. The van der Waals surface area contributed by atoms with E-state index in [-0.39, 0.29) is 0 Å². The topological polar surface area (TPSA) is 33.4 Å². The lowest BCUT2D eigenvalue weighted by atomic mass is 9.95. The minimum atomic E-state index is -0.412. The molecule has 2 saturated carbocycles. The summed E-state index contributed by atoms with van der Waals surface area (Å²) in [7, 11) is 0. The van der Waals surface area contributed by atoms with E-state index in [4.69, 9.17) is 4.42 Å². The van der Waals surface area contributed by atoms with Crippen molar-refractivity contribution >= 4 is 11.0 Å². The number of hydrogen-bond donors (Lipinski definition) is 1. The number of aliphatic hydroxyl groups excluding tert-OH is 1. The molecule has 1 heterocycles. The Balaban J connectivity index is 1.65. The maximum absolute atomic E-state index is 10.4. The summed E-state index contributed by atoms with van der Waals surface area (Å²) in [5, 5.41) is 11.5. The fraction of sp³-hybridized carbons (Fsp3) is 0.500. The summed E-state index contributed by atoms with van der Waals surface area (Å²) >= 11 is 0. The second-order valence-electron chi connectivity index (χ2n) is 6.12. The third kappa shape index (κ3) is 1.59. The Bertz CT molecular complexity index is 588. The predicted molar refractivity (Wildman–Crippen MR) is 70.2 cm³/mol. The SMILES string of the molecule is Cc1ccc2oc(C(O)C3CC4CC4C3)cc2c1. The molecule has 1 aromatic heterocycles. The van der Waals surface area contributed by atoms with Crippen molar-refractivity contribution in [2.45, 2.75) is 32.3 Å². The zero-order valence-corrected chi connectivity index (χ0v) is 10.6. The first-order chi connectivity index (χ1) is 8.70. The second kappa shape index (κ2) is 3.61. The molecule has 94 valence electrons. The molecule has 0 radical (unpaired) electrons. The molecule has 1 N–H and O–H groups in total. The highest BCUT2D eigenvalue weighted by atomic mass is 16.4. The van der Waals surface area contributed by atoms with Crippen LogP contribution in [0.4, 0.5) is 0 Å². The van der Waals surface area contributed by atoms with E-state index in [0.29, 0.717) is 5.92 Å². The van der Waals surface area contributed by atoms with Gasteiger partial charge in [0, 0.05) is 5.39 Å². The van der Waals surface area contributed by atoms with Crippen LogP contribution in [0.2, 0.25) is 0 Å². The van der Waals surface area contributed by atoms with Gasteiger partial charge in [0.15, 0.2) is 0 Å². The maximum atomic E-state index is 10.4. The largest absolute Gasteiger partial charge is 0.458 e. The lowest BCUT2D eigenvalue weighted by molar-refractivity contribution is 0.0841. The van der Waals surface area contributed by atoms with Crippen LogP contribution in [-0.4, -0.2) is 5.11 Å². The molecule has 18 heavy (non-hydrogen) atoms. The van der Waals surface area contributed by atoms with E-state index in [1.54, 1.807) is 0 Å². The van der Waals surface area contributed by atoms with E-state index < -0.39 is 6.10 Å². The molecule has 2 heteroatoms. The summed E-state index contributed by atoms with van der Waals surface area (Å²) in [6.07, 6.45) is 3.34. The fourth-order valence-corrected chi connectivity index (χ4v) is 3.58. The molecule has 1 aromatic carbocycles. The molecule has 0 aliphatic heterocycles. The standard InChI is InChI=1S/C16H18O2/c1-9-2-3-14-12(4-9)8-15(18-14)16(17)13-6-10-5-11(10)7-13/h2-4,8,10-11,13,16-17H,5-7H2,1H3. The minimum absolute atomic E-state index is 0.412. The van der Waals surface area contributed by atoms with Gasteiger partial charge in [0.05, 0.1) is 0 Å². The van der Waals surface area contributed by atoms with Gasteiger partial charge >= 0.3 is 0 Å². The van der Waals surface area contributed by atoms with Crippen LogP contribution in [-0.2, 0) is 0 Å². The van der Waals surface area contributed by atoms with Gasteiger partial charge in [-0.3, -0.25) is 0 Å². The quantitative estimate of drug-likeness (QED) is 0.868. The lowest BCUT2D eigenvalue weighted by Gasteiger charge is -2.16. The monoisotopic (exact) mass is 242 g/mol. The Kier molecular flexibility index (Phi) is 2.13. The average molecular weight is 242 g/mol. The van der Waals surface area contributed by atoms with Gasteiger partial charge in [0.1, 0.15) is 17.4 Å². The van der Waals surface area contributed by atoms with Crippen molar-refractivity contribution in [3.05, 3.63) is 35.6 Å². The van der Waals surface area contributed by atoms with Crippen molar-refractivity contribution in [2.24, 2.45) is 17.8 Å². The summed E-state index contributed by atoms with van der Waals surface area (Å²) in [6.45, 7) is 2.08. The Hall–Kier alpha value is -1.28. The normalized spacial score (nSPS) is 31.6. The molecule has 2 nitrogen and oxygen atoms in total.